The zero-order valence-electron chi connectivity index (χ0n) is 17.5. The number of nitrogens with zero attached hydrogens (tertiary/aromatic N) is 2. The second-order valence-electron chi connectivity index (χ2n) is 7.96. The Hall–Kier alpha value is -2.30. The van der Waals surface area contributed by atoms with E-state index in [1.165, 1.54) is 0 Å². The fourth-order valence-corrected chi connectivity index (χ4v) is 3.57. The highest BCUT2D eigenvalue weighted by Crippen LogP contribution is 2.22. The summed E-state index contributed by atoms with van der Waals surface area (Å²) in [6.07, 6.45) is 1.39. The second-order valence-corrected chi connectivity index (χ2v) is 7.96. The number of carbonyl (C=O) groups is 2. The Labute approximate surface area is 169 Å². The monoisotopic (exact) mass is 380 g/mol. The molecule has 0 heterocycles. The van der Waals surface area contributed by atoms with Gasteiger partial charge in [0.25, 0.3) is 0 Å². The average molecular weight is 381 g/mol. The molecule has 150 valence electrons. The maximum absolute atomic E-state index is 13.0. The van der Waals surface area contributed by atoms with Gasteiger partial charge in [0, 0.05) is 36.1 Å². The maximum atomic E-state index is 13.0. The molecule has 4 heteroatoms. The molecule has 0 fully saturated rings. The maximum Gasteiger partial charge on any atom is 0.167 e. The molecule has 0 aromatic heterocycles. The van der Waals surface area contributed by atoms with Crippen molar-refractivity contribution in [3.05, 3.63) is 71.8 Å². The van der Waals surface area contributed by atoms with Crippen LogP contribution in [0.5, 0.6) is 0 Å². The van der Waals surface area contributed by atoms with E-state index in [4.69, 9.17) is 0 Å². The molecule has 0 bridgehead atoms. The highest BCUT2D eigenvalue weighted by molar-refractivity contribution is 5.99. The van der Waals surface area contributed by atoms with Crippen LogP contribution in [-0.2, 0) is 0 Å². The van der Waals surface area contributed by atoms with Gasteiger partial charge >= 0.3 is 0 Å². The quantitative estimate of drug-likeness (QED) is 0.555. The molecule has 4 nitrogen and oxygen atoms in total. The third-order valence-electron chi connectivity index (χ3n) is 4.89. The molecule has 0 N–H and O–H groups in total. The highest BCUT2D eigenvalue weighted by Gasteiger charge is 2.26. The summed E-state index contributed by atoms with van der Waals surface area (Å²) in [5, 5.41) is 0. The van der Waals surface area contributed by atoms with Crippen molar-refractivity contribution in [3.63, 3.8) is 0 Å². The standard InChI is InChI=1S/C24H32N2O2/c1-25(2)17-21(23(27)19-11-7-5-8-12-19)15-16-22(18-26(3)4)24(28)20-13-9-6-10-14-20/h5-14,21-22H,15-18H2,1-4H3/t21-,22+. The highest BCUT2D eigenvalue weighted by atomic mass is 16.1. The molecule has 0 aliphatic rings. The molecule has 0 amide bonds. The Bertz CT molecular complexity index is 676. The summed E-state index contributed by atoms with van der Waals surface area (Å²) in [5.74, 6) is 0.0754. The van der Waals surface area contributed by atoms with Crippen LogP contribution in [-0.4, -0.2) is 62.6 Å². The molecule has 2 aromatic rings. The largest absolute Gasteiger partial charge is 0.309 e. The van der Waals surface area contributed by atoms with Crippen LogP contribution in [0.25, 0.3) is 0 Å². The Morgan fingerprint density at radius 3 is 1.25 bits per heavy atom. The van der Waals surface area contributed by atoms with Crippen LogP contribution in [0.15, 0.2) is 60.7 Å². The van der Waals surface area contributed by atoms with Gasteiger partial charge in [0.2, 0.25) is 0 Å². The minimum atomic E-state index is -0.120. The van der Waals surface area contributed by atoms with E-state index in [-0.39, 0.29) is 23.4 Å². The topological polar surface area (TPSA) is 40.6 Å². The van der Waals surface area contributed by atoms with Crippen molar-refractivity contribution >= 4 is 11.6 Å². The van der Waals surface area contributed by atoms with Gasteiger partial charge in [-0.25, -0.2) is 0 Å². The normalized spacial score (nSPS) is 13.5. The smallest absolute Gasteiger partial charge is 0.167 e. The predicted octanol–water partition coefficient (Wildman–Crippen LogP) is 3.89. The Morgan fingerprint density at radius 2 is 0.964 bits per heavy atom. The van der Waals surface area contributed by atoms with Gasteiger partial charge in [0.15, 0.2) is 11.6 Å². The summed E-state index contributed by atoms with van der Waals surface area (Å²) in [7, 11) is 7.94. The van der Waals surface area contributed by atoms with Crippen molar-refractivity contribution in [2.75, 3.05) is 41.3 Å². The molecule has 0 radical (unpaired) electrons. The number of ketones is 2. The van der Waals surface area contributed by atoms with Crippen molar-refractivity contribution in [2.24, 2.45) is 11.8 Å². The molecule has 2 rings (SSSR count). The lowest BCUT2D eigenvalue weighted by Gasteiger charge is -2.24. The average Bonchev–Trinajstić information content (AvgIpc) is 2.69. The first-order valence-electron chi connectivity index (χ1n) is 9.86. The van der Waals surface area contributed by atoms with Gasteiger partial charge in [-0.1, -0.05) is 60.7 Å². The lowest BCUT2D eigenvalue weighted by atomic mass is 9.86. The van der Waals surface area contributed by atoms with E-state index in [2.05, 4.69) is 0 Å². The van der Waals surface area contributed by atoms with E-state index in [0.717, 1.165) is 11.1 Å². The zero-order chi connectivity index (χ0) is 20.5. The fourth-order valence-electron chi connectivity index (χ4n) is 3.57. The summed E-state index contributed by atoms with van der Waals surface area (Å²) in [4.78, 5) is 30.2. The molecular weight excluding hydrogens is 348 g/mol. The van der Waals surface area contributed by atoms with Crippen LogP contribution >= 0.6 is 0 Å². The first-order chi connectivity index (χ1) is 13.4. The Kier molecular flexibility index (Phi) is 8.55. The number of Topliss-reactive ketones (excluding diaryl/α,β-unsaturated/α-hetero) is 2. The third-order valence-corrected chi connectivity index (χ3v) is 4.89. The summed E-state index contributed by atoms with van der Waals surface area (Å²) in [6.45, 7) is 1.36. The number of hydrogen-bond acceptors (Lipinski definition) is 4. The van der Waals surface area contributed by atoms with Gasteiger partial charge in [0.1, 0.15) is 0 Å². The van der Waals surface area contributed by atoms with Gasteiger partial charge in [-0.2, -0.15) is 0 Å². The second kappa shape index (κ2) is 10.9. The van der Waals surface area contributed by atoms with Gasteiger partial charge in [-0.05, 0) is 41.0 Å². The Balaban J connectivity index is 2.14. The third kappa shape index (κ3) is 6.70. The molecule has 2 atom stereocenters. The Morgan fingerprint density at radius 1 is 0.643 bits per heavy atom. The molecule has 0 saturated carbocycles. The van der Waals surface area contributed by atoms with E-state index < -0.39 is 0 Å². The van der Waals surface area contributed by atoms with Gasteiger partial charge < -0.3 is 9.80 Å². The molecular formula is C24H32N2O2. The van der Waals surface area contributed by atoms with Crippen molar-refractivity contribution in [3.8, 4) is 0 Å². The zero-order valence-corrected chi connectivity index (χ0v) is 17.5. The van der Waals surface area contributed by atoms with Gasteiger partial charge in [-0.3, -0.25) is 9.59 Å². The molecule has 0 aliphatic carbocycles. The van der Waals surface area contributed by atoms with Crippen LogP contribution in [0.1, 0.15) is 33.6 Å². The summed E-state index contributed by atoms with van der Waals surface area (Å²) in [6, 6.07) is 18.9. The van der Waals surface area contributed by atoms with Crippen LogP contribution < -0.4 is 0 Å². The first-order valence-corrected chi connectivity index (χ1v) is 9.86. The van der Waals surface area contributed by atoms with E-state index in [0.29, 0.717) is 25.9 Å². The fraction of sp³-hybridized carbons (Fsp3) is 0.417. The van der Waals surface area contributed by atoms with Crippen molar-refractivity contribution in [1.29, 1.82) is 0 Å². The van der Waals surface area contributed by atoms with E-state index in [1.54, 1.807) is 0 Å². The summed E-state index contributed by atoms with van der Waals surface area (Å²) in [5.41, 5.74) is 1.49. The lowest BCUT2D eigenvalue weighted by molar-refractivity contribution is 0.0835. The van der Waals surface area contributed by atoms with E-state index in [9.17, 15) is 9.59 Å². The van der Waals surface area contributed by atoms with Crippen LogP contribution in [0.2, 0.25) is 0 Å². The number of rotatable bonds is 11. The number of carbonyl (C=O) groups excluding carboxylic acids is 2. The molecule has 0 spiro atoms. The minimum absolute atomic E-state index is 0.120. The SMILES string of the molecule is CN(C)C[C@@H](CC[C@@H](CN(C)C)C(=O)c1ccccc1)C(=O)c1ccccc1. The van der Waals surface area contributed by atoms with Crippen LogP contribution in [0.3, 0.4) is 0 Å². The number of hydrogen-bond donors (Lipinski definition) is 0. The van der Waals surface area contributed by atoms with Crippen molar-refractivity contribution in [2.45, 2.75) is 12.8 Å². The predicted molar refractivity (Wildman–Crippen MR) is 115 cm³/mol. The molecule has 28 heavy (non-hydrogen) atoms. The first kappa shape index (κ1) is 22.0. The number of benzene rings is 2. The van der Waals surface area contributed by atoms with Crippen molar-refractivity contribution in [1.82, 2.24) is 9.80 Å². The van der Waals surface area contributed by atoms with Crippen LogP contribution in [0, 0.1) is 11.8 Å². The molecule has 0 unspecified atom stereocenters. The van der Waals surface area contributed by atoms with Gasteiger partial charge in [0.05, 0.1) is 0 Å². The molecule has 0 saturated heterocycles. The molecule has 2 aromatic carbocycles. The minimum Gasteiger partial charge on any atom is -0.309 e. The van der Waals surface area contributed by atoms with E-state index in [1.807, 2.05) is 98.7 Å². The molecule has 0 aliphatic heterocycles. The van der Waals surface area contributed by atoms with Crippen molar-refractivity contribution < 1.29 is 9.59 Å². The summed E-state index contributed by atoms with van der Waals surface area (Å²) >= 11 is 0. The van der Waals surface area contributed by atoms with E-state index >= 15 is 0 Å². The summed E-state index contributed by atoms with van der Waals surface area (Å²) < 4.78 is 0. The lowest BCUT2D eigenvalue weighted by Crippen LogP contribution is -2.32. The van der Waals surface area contributed by atoms with Crippen LogP contribution in [0.4, 0.5) is 0 Å². The van der Waals surface area contributed by atoms with Gasteiger partial charge in [-0.15, -0.1) is 0 Å².